The predicted octanol–water partition coefficient (Wildman–Crippen LogP) is 3.78. The van der Waals surface area contributed by atoms with E-state index in [1.165, 1.54) is 50.9 Å². The summed E-state index contributed by atoms with van der Waals surface area (Å²) < 4.78 is 0. The van der Waals surface area contributed by atoms with Gasteiger partial charge in [-0.1, -0.05) is 0 Å². The Hall–Kier alpha value is -2.30. The molecule has 0 atom stereocenters. The number of hydrogen-bond donors (Lipinski definition) is 2. The van der Waals surface area contributed by atoms with E-state index in [0.29, 0.717) is 12.0 Å². The van der Waals surface area contributed by atoms with Crippen LogP contribution in [0.2, 0.25) is 0 Å². The predicted molar refractivity (Wildman–Crippen MR) is 94.5 cm³/mol. The van der Waals surface area contributed by atoms with Gasteiger partial charge in [0.1, 0.15) is 5.82 Å². The van der Waals surface area contributed by atoms with E-state index in [-0.39, 0.29) is 0 Å². The largest absolute Gasteiger partial charge is 0.372 e. The summed E-state index contributed by atoms with van der Waals surface area (Å²) >= 11 is 0. The molecule has 0 unspecified atom stereocenters. The first-order chi connectivity index (χ1) is 11.4. The molecular weight excluding hydrogens is 286 g/mol. The standard InChI is InChI=1S/C18H23N5/c1-2-12-23(13-3-1)16-8-6-14(7-9-16)20-17-10-11-19-18(22-17)21-15-4-5-15/h6-11,15H,1-5,12-13H2,(H2,19,20,21,22). The average Bonchev–Trinajstić information content (AvgIpc) is 3.41. The van der Waals surface area contributed by atoms with E-state index in [2.05, 4.69) is 49.8 Å². The first kappa shape index (κ1) is 14.3. The lowest BCUT2D eigenvalue weighted by Gasteiger charge is -2.28. The number of anilines is 4. The maximum atomic E-state index is 4.52. The molecule has 0 amide bonds. The Morgan fingerprint density at radius 2 is 1.74 bits per heavy atom. The molecule has 0 radical (unpaired) electrons. The monoisotopic (exact) mass is 309 g/mol. The number of aromatic nitrogens is 2. The van der Waals surface area contributed by atoms with Gasteiger partial charge in [-0.3, -0.25) is 0 Å². The minimum atomic E-state index is 0.564. The van der Waals surface area contributed by atoms with E-state index < -0.39 is 0 Å². The van der Waals surface area contributed by atoms with Crippen molar-refractivity contribution in [2.75, 3.05) is 28.6 Å². The third kappa shape index (κ3) is 3.73. The second kappa shape index (κ2) is 6.44. The molecular formula is C18H23N5. The topological polar surface area (TPSA) is 53.1 Å². The number of nitrogens with zero attached hydrogens (tertiary/aromatic N) is 3. The Morgan fingerprint density at radius 1 is 0.957 bits per heavy atom. The molecule has 2 heterocycles. The first-order valence-corrected chi connectivity index (χ1v) is 8.58. The SMILES string of the molecule is c1cc(Nc2ccc(N3CCCCC3)cc2)nc(NC2CC2)n1. The van der Waals surface area contributed by atoms with Crippen LogP contribution in [0.4, 0.5) is 23.1 Å². The van der Waals surface area contributed by atoms with Crippen LogP contribution >= 0.6 is 0 Å². The van der Waals surface area contributed by atoms with Gasteiger partial charge in [0.05, 0.1) is 0 Å². The molecule has 2 aromatic rings. The molecule has 0 spiro atoms. The summed E-state index contributed by atoms with van der Waals surface area (Å²) in [6, 6.07) is 11.1. The normalized spacial score (nSPS) is 17.8. The van der Waals surface area contributed by atoms with Gasteiger partial charge in [0, 0.05) is 36.7 Å². The molecule has 1 aliphatic carbocycles. The number of rotatable bonds is 5. The van der Waals surface area contributed by atoms with Crippen LogP contribution in [0.1, 0.15) is 32.1 Å². The van der Waals surface area contributed by atoms with Gasteiger partial charge in [0.2, 0.25) is 5.95 Å². The van der Waals surface area contributed by atoms with Gasteiger partial charge in [-0.25, -0.2) is 4.98 Å². The summed E-state index contributed by atoms with van der Waals surface area (Å²) in [6.45, 7) is 2.35. The minimum absolute atomic E-state index is 0.564. The summed E-state index contributed by atoms with van der Waals surface area (Å²) in [5.74, 6) is 1.54. The third-order valence-corrected chi connectivity index (χ3v) is 4.43. The minimum Gasteiger partial charge on any atom is -0.372 e. The Morgan fingerprint density at radius 3 is 2.48 bits per heavy atom. The van der Waals surface area contributed by atoms with Gasteiger partial charge in [-0.15, -0.1) is 0 Å². The van der Waals surface area contributed by atoms with Crippen LogP contribution in [0.25, 0.3) is 0 Å². The quantitative estimate of drug-likeness (QED) is 0.880. The van der Waals surface area contributed by atoms with Gasteiger partial charge in [-0.05, 0) is 62.4 Å². The van der Waals surface area contributed by atoms with Crippen LogP contribution in [0.15, 0.2) is 36.5 Å². The summed E-state index contributed by atoms with van der Waals surface area (Å²) in [5.41, 5.74) is 2.37. The highest BCUT2D eigenvalue weighted by atomic mass is 15.2. The molecule has 2 aliphatic rings. The van der Waals surface area contributed by atoms with Crippen LogP contribution in [-0.2, 0) is 0 Å². The number of benzene rings is 1. The van der Waals surface area contributed by atoms with E-state index in [1.54, 1.807) is 6.20 Å². The maximum Gasteiger partial charge on any atom is 0.224 e. The number of hydrogen-bond acceptors (Lipinski definition) is 5. The van der Waals surface area contributed by atoms with Crippen molar-refractivity contribution in [2.45, 2.75) is 38.1 Å². The van der Waals surface area contributed by atoms with Crippen molar-refractivity contribution in [2.24, 2.45) is 0 Å². The summed E-state index contributed by atoms with van der Waals surface area (Å²) in [5, 5.41) is 6.68. The van der Waals surface area contributed by atoms with E-state index in [1.807, 2.05) is 6.07 Å². The Balaban J connectivity index is 1.41. The highest BCUT2D eigenvalue weighted by Gasteiger charge is 2.21. The molecule has 5 heteroatoms. The van der Waals surface area contributed by atoms with E-state index >= 15 is 0 Å². The molecule has 1 saturated carbocycles. The van der Waals surface area contributed by atoms with Gasteiger partial charge in [0.25, 0.3) is 0 Å². The van der Waals surface area contributed by atoms with Crippen LogP contribution in [0.5, 0.6) is 0 Å². The van der Waals surface area contributed by atoms with Crippen molar-refractivity contribution < 1.29 is 0 Å². The van der Waals surface area contributed by atoms with Crippen molar-refractivity contribution in [3.8, 4) is 0 Å². The Labute approximate surface area is 137 Å². The highest BCUT2D eigenvalue weighted by Crippen LogP contribution is 2.25. The fourth-order valence-corrected chi connectivity index (χ4v) is 2.96. The Bertz CT molecular complexity index is 645. The molecule has 1 aliphatic heterocycles. The molecule has 120 valence electrons. The lowest BCUT2D eigenvalue weighted by atomic mass is 10.1. The number of piperidine rings is 1. The molecule has 1 aromatic heterocycles. The van der Waals surface area contributed by atoms with Gasteiger partial charge < -0.3 is 15.5 Å². The zero-order valence-corrected chi connectivity index (χ0v) is 13.3. The lowest BCUT2D eigenvalue weighted by molar-refractivity contribution is 0.578. The summed E-state index contributed by atoms with van der Waals surface area (Å²) in [7, 11) is 0. The van der Waals surface area contributed by atoms with Crippen LogP contribution in [0.3, 0.4) is 0 Å². The maximum absolute atomic E-state index is 4.52. The lowest BCUT2D eigenvalue weighted by Crippen LogP contribution is -2.29. The summed E-state index contributed by atoms with van der Waals surface area (Å²) in [4.78, 5) is 11.3. The smallest absolute Gasteiger partial charge is 0.224 e. The zero-order valence-electron chi connectivity index (χ0n) is 13.3. The van der Waals surface area contributed by atoms with Crippen LogP contribution in [-0.4, -0.2) is 29.1 Å². The van der Waals surface area contributed by atoms with Crippen molar-refractivity contribution in [3.63, 3.8) is 0 Å². The molecule has 4 rings (SSSR count). The summed E-state index contributed by atoms with van der Waals surface area (Å²) in [6.07, 6.45) is 8.20. The second-order valence-electron chi connectivity index (χ2n) is 6.40. The second-order valence-corrected chi connectivity index (χ2v) is 6.40. The average molecular weight is 309 g/mol. The van der Waals surface area contributed by atoms with E-state index in [4.69, 9.17) is 0 Å². The molecule has 2 fully saturated rings. The third-order valence-electron chi connectivity index (χ3n) is 4.43. The first-order valence-electron chi connectivity index (χ1n) is 8.58. The number of nitrogens with one attached hydrogen (secondary N) is 2. The fourth-order valence-electron chi connectivity index (χ4n) is 2.96. The molecule has 23 heavy (non-hydrogen) atoms. The van der Waals surface area contributed by atoms with Crippen molar-refractivity contribution in [1.29, 1.82) is 0 Å². The molecule has 5 nitrogen and oxygen atoms in total. The van der Waals surface area contributed by atoms with Crippen LogP contribution in [0, 0.1) is 0 Å². The Kier molecular flexibility index (Phi) is 4.01. The zero-order chi connectivity index (χ0) is 15.5. The van der Waals surface area contributed by atoms with E-state index in [9.17, 15) is 0 Å². The van der Waals surface area contributed by atoms with Crippen molar-refractivity contribution in [1.82, 2.24) is 9.97 Å². The fraction of sp³-hybridized carbons (Fsp3) is 0.444. The highest BCUT2D eigenvalue weighted by molar-refractivity contribution is 5.61. The van der Waals surface area contributed by atoms with Gasteiger partial charge in [-0.2, -0.15) is 4.98 Å². The van der Waals surface area contributed by atoms with Gasteiger partial charge >= 0.3 is 0 Å². The van der Waals surface area contributed by atoms with Crippen molar-refractivity contribution in [3.05, 3.63) is 36.5 Å². The molecule has 2 N–H and O–H groups in total. The molecule has 1 saturated heterocycles. The van der Waals surface area contributed by atoms with Crippen LogP contribution < -0.4 is 15.5 Å². The molecule has 1 aromatic carbocycles. The molecule has 0 bridgehead atoms. The van der Waals surface area contributed by atoms with Crippen molar-refractivity contribution >= 4 is 23.1 Å². The van der Waals surface area contributed by atoms with Gasteiger partial charge in [0.15, 0.2) is 0 Å². The van der Waals surface area contributed by atoms with E-state index in [0.717, 1.165) is 11.5 Å².